The molecule has 27 heavy (non-hydrogen) atoms. The van der Waals surface area contributed by atoms with Gasteiger partial charge in [0.1, 0.15) is 11.0 Å². The number of nitrogens with one attached hydrogen (secondary N) is 2. The molecule has 0 spiro atoms. The normalized spacial score (nSPS) is 15.4. The highest BCUT2D eigenvalue weighted by molar-refractivity contribution is 7.13. The zero-order chi connectivity index (χ0) is 18.2. The summed E-state index contributed by atoms with van der Waals surface area (Å²) in [6.45, 7) is 3.65. The molecule has 0 saturated carbocycles. The molecule has 1 fully saturated rings. The Bertz CT molecular complexity index is 1080. The fourth-order valence-electron chi connectivity index (χ4n) is 3.32. The molecule has 8 nitrogen and oxygen atoms in total. The molecule has 4 aromatic rings. The minimum absolute atomic E-state index is 0.385. The first-order chi connectivity index (χ1) is 13.3. The van der Waals surface area contributed by atoms with Gasteiger partial charge in [-0.05, 0) is 36.8 Å². The van der Waals surface area contributed by atoms with Gasteiger partial charge in [-0.3, -0.25) is 9.78 Å². The first-order valence-electron chi connectivity index (χ1n) is 8.92. The first-order valence-corrected chi connectivity index (χ1v) is 9.80. The number of thiophene rings is 1. The smallest absolute Gasteiger partial charge is 0.172 e. The highest BCUT2D eigenvalue weighted by Gasteiger charge is 2.18. The van der Waals surface area contributed by atoms with E-state index < -0.39 is 0 Å². The van der Waals surface area contributed by atoms with Gasteiger partial charge in [0.25, 0.3) is 0 Å². The van der Waals surface area contributed by atoms with Crippen molar-refractivity contribution < 1.29 is 4.74 Å². The van der Waals surface area contributed by atoms with E-state index in [0.717, 1.165) is 47.7 Å². The Balaban J connectivity index is 1.49. The van der Waals surface area contributed by atoms with E-state index in [1.807, 2.05) is 17.1 Å². The van der Waals surface area contributed by atoms with Crippen molar-refractivity contribution in [1.29, 1.82) is 0 Å². The third-order valence-corrected chi connectivity index (χ3v) is 5.81. The predicted molar refractivity (Wildman–Crippen MR) is 104 cm³/mol. The standard InChI is InChI=1S/C18H19N7OS/c1-11-4-7-27-16(11)18-22-14-9-19-24-15(14)17(23-18)21-12-8-20-25(10-12)13-2-5-26-6-3-13/h4,7-10,13H,2-3,5-6H2,1H3,(H,19,24)(H,21,22,23). The first kappa shape index (κ1) is 16.4. The lowest BCUT2D eigenvalue weighted by Gasteiger charge is -2.22. The van der Waals surface area contributed by atoms with Crippen molar-refractivity contribution in [2.24, 2.45) is 0 Å². The molecule has 0 amide bonds. The van der Waals surface area contributed by atoms with Gasteiger partial charge in [0.15, 0.2) is 11.6 Å². The summed E-state index contributed by atoms with van der Waals surface area (Å²) in [6, 6.07) is 2.46. The summed E-state index contributed by atoms with van der Waals surface area (Å²) >= 11 is 1.64. The van der Waals surface area contributed by atoms with Crippen LogP contribution in [0.4, 0.5) is 11.5 Å². The molecule has 5 rings (SSSR count). The van der Waals surface area contributed by atoms with Gasteiger partial charge in [-0.15, -0.1) is 11.3 Å². The molecule has 0 bridgehead atoms. The molecule has 4 aromatic heterocycles. The van der Waals surface area contributed by atoms with Crippen LogP contribution in [-0.4, -0.2) is 43.2 Å². The average Bonchev–Trinajstić information content (AvgIpc) is 3.43. The molecule has 0 radical (unpaired) electrons. The SMILES string of the molecule is Cc1ccsc1-c1nc(Nc2cnn(C3CCOCC3)c2)c2[nH]ncc2n1. The molecule has 1 aliphatic heterocycles. The van der Waals surface area contributed by atoms with Gasteiger partial charge in [0.05, 0.1) is 29.0 Å². The van der Waals surface area contributed by atoms with Crippen molar-refractivity contribution >= 4 is 33.9 Å². The van der Waals surface area contributed by atoms with E-state index in [1.54, 1.807) is 17.5 Å². The van der Waals surface area contributed by atoms with E-state index in [9.17, 15) is 0 Å². The molecule has 0 aliphatic carbocycles. The van der Waals surface area contributed by atoms with E-state index in [1.165, 1.54) is 5.56 Å². The number of hydrogen-bond acceptors (Lipinski definition) is 7. The van der Waals surface area contributed by atoms with Crippen LogP contribution in [0.3, 0.4) is 0 Å². The van der Waals surface area contributed by atoms with Crippen molar-refractivity contribution in [2.75, 3.05) is 18.5 Å². The molecular weight excluding hydrogens is 362 g/mol. The number of aromatic amines is 1. The maximum absolute atomic E-state index is 5.44. The maximum Gasteiger partial charge on any atom is 0.172 e. The van der Waals surface area contributed by atoms with Crippen LogP contribution in [0.1, 0.15) is 24.4 Å². The molecule has 0 aromatic carbocycles. The van der Waals surface area contributed by atoms with Crippen molar-refractivity contribution in [2.45, 2.75) is 25.8 Å². The van der Waals surface area contributed by atoms with Gasteiger partial charge in [0, 0.05) is 19.4 Å². The molecule has 5 heterocycles. The van der Waals surface area contributed by atoms with E-state index in [-0.39, 0.29) is 0 Å². The van der Waals surface area contributed by atoms with Crippen LogP contribution >= 0.6 is 11.3 Å². The van der Waals surface area contributed by atoms with E-state index in [2.05, 4.69) is 44.0 Å². The third-order valence-electron chi connectivity index (χ3n) is 4.79. The quantitative estimate of drug-likeness (QED) is 0.560. The number of ether oxygens (including phenoxy) is 1. The van der Waals surface area contributed by atoms with Crippen LogP contribution in [0.2, 0.25) is 0 Å². The number of anilines is 2. The number of aromatic nitrogens is 6. The Labute approximate surface area is 159 Å². The van der Waals surface area contributed by atoms with Crippen LogP contribution in [0.5, 0.6) is 0 Å². The average molecular weight is 381 g/mol. The van der Waals surface area contributed by atoms with E-state index in [0.29, 0.717) is 17.7 Å². The number of aryl methyl sites for hydroxylation is 1. The Morgan fingerprint density at radius 2 is 2.15 bits per heavy atom. The lowest BCUT2D eigenvalue weighted by molar-refractivity contribution is 0.0662. The highest BCUT2D eigenvalue weighted by atomic mass is 32.1. The van der Waals surface area contributed by atoms with Crippen LogP contribution in [0.15, 0.2) is 30.0 Å². The van der Waals surface area contributed by atoms with Crippen LogP contribution in [-0.2, 0) is 4.74 Å². The largest absolute Gasteiger partial charge is 0.381 e. The molecule has 1 saturated heterocycles. The van der Waals surface area contributed by atoms with Gasteiger partial charge in [-0.2, -0.15) is 10.2 Å². The summed E-state index contributed by atoms with van der Waals surface area (Å²) in [5.41, 5.74) is 3.63. The molecule has 138 valence electrons. The van der Waals surface area contributed by atoms with Crippen LogP contribution in [0.25, 0.3) is 21.7 Å². The summed E-state index contributed by atoms with van der Waals surface area (Å²) in [4.78, 5) is 10.5. The van der Waals surface area contributed by atoms with Crippen LogP contribution < -0.4 is 5.32 Å². The minimum Gasteiger partial charge on any atom is -0.381 e. The van der Waals surface area contributed by atoms with E-state index in [4.69, 9.17) is 9.72 Å². The summed E-state index contributed by atoms with van der Waals surface area (Å²) in [7, 11) is 0. The lowest BCUT2D eigenvalue weighted by atomic mass is 10.1. The van der Waals surface area contributed by atoms with Gasteiger partial charge in [-0.25, -0.2) is 9.97 Å². The Hall–Kier alpha value is -2.78. The molecule has 1 aliphatic rings. The van der Waals surface area contributed by atoms with E-state index >= 15 is 0 Å². The van der Waals surface area contributed by atoms with Crippen molar-refractivity contribution in [3.63, 3.8) is 0 Å². The van der Waals surface area contributed by atoms with Gasteiger partial charge >= 0.3 is 0 Å². The summed E-state index contributed by atoms with van der Waals surface area (Å²) in [5.74, 6) is 1.41. The second-order valence-corrected chi connectivity index (χ2v) is 7.55. The number of H-pyrrole nitrogens is 1. The van der Waals surface area contributed by atoms with Crippen LogP contribution in [0, 0.1) is 6.92 Å². The molecular formula is C18H19N7OS. The molecule has 0 unspecified atom stereocenters. The molecule has 2 N–H and O–H groups in total. The molecule has 0 atom stereocenters. The Morgan fingerprint density at radius 3 is 2.96 bits per heavy atom. The lowest BCUT2D eigenvalue weighted by Crippen LogP contribution is -2.19. The monoisotopic (exact) mass is 381 g/mol. The topological polar surface area (TPSA) is 93.5 Å². The van der Waals surface area contributed by atoms with Crippen molar-refractivity contribution in [1.82, 2.24) is 29.9 Å². The number of nitrogens with zero attached hydrogens (tertiary/aromatic N) is 5. The Kier molecular flexibility index (Phi) is 4.10. The number of fused-ring (bicyclic) bond motifs is 1. The maximum atomic E-state index is 5.44. The predicted octanol–water partition coefficient (Wildman–Crippen LogP) is 3.68. The second-order valence-electron chi connectivity index (χ2n) is 6.64. The fourth-order valence-corrected chi connectivity index (χ4v) is 4.18. The number of rotatable bonds is 4. The zero-order valence-electron chi connectivity index (χ0n) is 14.8. The summed E-state index contributed by atoms with van der Waals surface area (Å²) in [5, 5.41) is 17.1. The highest BCUT2D eigenvalue weighted by Crippen LogP contribution is 2.31. The Morgan fingerprint density at radius 1 is 1.26 bits per heavy atom. The minimum atomic E-state index is 0.385. The van der Waals surface area contributed by atoms with Gasteiger partial charge in [0.2, 0.25) is 0 Å². The second kappa shape index (κ2) is 6.75. The summed E-state index contributed by atoms with van der Waals surface area (Å²) < 4.78 is 7.45. The summed E-state index contributed by atoms with van der Waals surface area (Å²) in [6.07, 6.45) is 7.55. The van der Waals surface area contributed by atoms with Crippen molar-refractivity contribution in [3.05, 3.63) is 35.6 Å². The van der Waals surface area contributed by atoms with Gasteiger partial charge in [-0.1, -0.05) is 0 Å². The van der Waals surface area contributed by atoms with Gasteiger partial charge < -0.3 is 10.1 Å². The number of hydrogen-bond donors (Lipinski definition) is 2. The molecule has 9 heteroatoms. The third kappa shape index (κ3) is 3.08. The zero-order valence-corrected chi connectivity index (χ0v) is 15.7. The fraction of sp³-hybridized carbons (Fsp3) is 0.333. The van der Waals surface area contributed by atoms with Crippen molar-refractivity contribution in [3.8, 4) is 10.7 Å².